The lowest BCUT2D eigenvalue weighted by Gasteiger charge is -2.45. The molecule has 186 valence electrons. The van der Waals surface area contributed by atoms with Gasteiger partial charge in [-0.15, -0.1) is 0 Å². The second kappa shape index (κ2) is 12.7. The predicted molar refractivity (Wildman–Crippen MR) is 106 cm³/mol. The first kappa shape index (κ1) is 27.8. The Kier molecular flexibility index (Phi) is 10.7. The molecule has 0 aliphatic carbocycles. The van der Waals surface area contributed by atoms with Crippen molar-refractivity contribution in [2.45, 2.75) is 77.6 Å². The van der Waals surface area contributed by atoms with Crippen LogP contribution in [0.1, 0.15) is 41.0 Å². The molecule has 6 atom stereocenters. The minimum atomic E-state index is -1.54. The molecule has 1 N–H and O–H groups in total. The first-order chi connectivity index (χ1) is 15.3. The van der Waals surface area contributed by atoms with Gasteiger partial charge in [0.2, 0.25) is 5.91 Å². The van der Waals surface area contributed by atoms with Gasteiger partial charge >= 0.3 is 29.8 Å². The van der Waals surface area contributed by atoms with Gasteiger partial charge in [-0.1, -0.05) is 0 Å². The minimum absolute atomic E-state index is 0.185. The van der Waals surface area contributed by atoms with Gasteiger partial charge in [-0.3, -0.25) is 24.0 Å². The van der Waals surface area contributed by atoms with Crippen LogP contribution in [0.2, 0.25) is 0 Å². The van der Waals surface area contributed by atoms with Gasteiger partial charge in [0.15, 0.2) is 18.3 Å². The van der Waals surface area contributed by atoms with Crippen LogP contribution in [-0.2, 0) is 57.2 Å². The Morgan fingerprint density at radius 1 is 0.848 bits per heavy atom. The zero-order valence-electron chi connectivity index (χ0n) is 19.3. The molecule has 13 nitrogen and oxygen atoms in total. The molecule has 0 spiro atoms. The molecular weight excluding hydrogens is 446 g/mol. The fourth-order valence-corrected chi connectivity index (χ4v) is 3.36. The Morgan fingerprint density at radius 2 is 1.42 bits per heavy atom. The molecule has 13 heteroatoms. The number of nitrogens with one attached hydrogen (secondary N) is 1. The molecule has 1 aliphatic rings. The van der Waals surface area contributed by atoms with E-state index >= 15 is 0 Å². The second-order valence-electron chi connectivity index (χ2n) is 7.26. The Bertz CT molecular complexity index is 766. The number of hydrogen-bond donors (Lipinski definition) is 1. The van der Waals surface area contributed by atoms with Crippen molar-refractivity contribution in [3.8, 4) is 0 Å². The van der Waals surface area contributed by atoms with Crippen molar-refractivity contribution in [2.75, 3.05) is 13.7 Å². The molecule has 0 aromatic carbocycles. The first-order valence-corrected chi connectivity index (χ1v) is 10.0. The Morgan fingerprint density at radius 3 is 1.88 bits per heavy atom. The lowest BCUT2D eigenvalue weighted by molar-refractivity contribution is -0.226. The Hall–Kier alpha value is -3.22. The number of esters is 5. The van der Waals surface area contributed by atoms with Gasteiger partial charge in [0, 0.05) is 41.0 Å². The predicted octanol–water partition coefficient (Wildman–Crippen LogP) is -0.820. The summed E-state index contributed by atoms with van der Waals surface area (Å²) in [6.45, 7) is 5.33. The Labute approximate surface area is 190 Å². The molecule has 1 heterocycles. The average Bonchev–Trinajstić information content (AvgIpc) is 2.68. The molecule has 33 heavy (non-hydrogen) atoms. The van der Waals surface area contributed by atoms with Crippen molar-refractivity contribution in [2.24, 2.45) is 0 Å². The minimum Gasteiger partial charge on any atom is -0.467 e. The third-order valence-corrected chi connectivity index (χ3v) is 4.41. The molecule has 0 aromatic heterocycles. The van der Waals surface area contributed by atoms with E-state index in [0.717, 1.165) is 34.8 Å². The second-order valence-corrected chi connectivity index (χ2v) is 7.26. The van der Waals surface area contributed by atoms with Crippen LogP contribution < -0.4 is 5.32 Å². The van der Waals surface area contributed by atoms with E-state index in [1.165, 1.54) is 6.92 Å². The zero-order valence-corrected chi connectivity index (χ0v) is 19.3. The lowest BCUT2D eigenvalue weighted by atomic mass is 9.89. The molecule has 1 rings (SSSR count). The molecule has 1 aliphatic heterocycles. The van der Waals surface area contributed by atoms with Gasteiger partial charge in [-0.2, -0.15) is 0 Å². The highest BCUT2D eigenvalue weighted by Crippen LogP contribution is 2.30. The van der Waals surface area contributed by atoms with Crippen LogP contribution in [0.4, 0.5) is 0 Å². The van der Waals surface area contributed by atoms with Crippen molar-refractivity contribution in [3.05, 3.63) is 0 Å². The zero-order chi connectivity index (χ0) is 25.3. The van der Waals surface area contributed by atoms with Crippen LogP contribution >= 0.6 is 0 Å². The van der Waals surface area contributed by atoms with Gasteiger partial charge < -0.3 is 33.7 Å². The van der Waals surface area contributed by atoms with Gasteiger partial charge in [0.1, 0.15) is 12.7 Å². The molecule has 0 radical (unpaired) electrons. The van der Waals surface area contributed by atoms with E-state index in [1.54, 1.807) is 0 Å². The summed E-state index contributed by atoms with van der Waals surface area (Å²) in [4.78, 5) is 70.6. The van der Waals surface area contributed by atoms with Crippen LogP contribution in [-0.4, -0.2) is 86.0 Å². The van der Waals surface area contributed by atoms with Crippen LogP contribution in [0.25, 0.3) is 0 Å². The van der Waals surface area contributed by atoms with Crippen LogP contribution in [0.3, 0.4) is 0 Å². The van der Waals surface area contributed by atoms with Crippen molar-refractivity contribution in [1.29, 1.82) is 0 Å². The van der Waals surface area contributed by atoms with Crippen molar-refractivity contribution >= 4 is 35.8 Å². The molecule has 1 saturated heterocycles. The van der Waals surface area contributed by atoms with Crippen LogP contribution in [0.15, 0.2) is 0 Å². The first-order valence-electron chi connectivity index (χ1n) is 10.0. The Balaban J connectivity index is 3.42. The summed E-state index contributed by atoms with van der Waals surface area (Å²) in [5, 5.41) is 2.56. The molecular formula is C20H29NO12. The van der Waals surface area contributed by atoms with Crippen molar-refractivity contribution in [1.82, 2.24) is 5.32 Å². The van der Waals surface area contributed by atoms with E-state index in [-0.39, 0.29) is 13.0 Å². The maximum absolute atomic E-state index is 12.4. The summed E-state index contributed by atoms with van der Waals surface area (Å²) in [5.41, 5.74) is 0. The number of methoxy groups -OCH3 is 1. The monoisotopic (exact) mass is 475 g/mol. The summed E-state index contributed by atoms with van der Waals surface area (Å²) in [7, 11) is 1.08. The van der Waals surface area contributed by atoms with Crippen LogP contribution in [0, 0.1) is 0 Å². The third kappa shape index (κ3) is 9.04. The molecule has 0 aromatic rings. The number of rotatable bonds is 9. The number of carbonyl (C=O) groups excluding carboxylic acids is 6. The number of amides is 1. The highest BCUT2D eigenvalue weighted by Gasteiger charge is 2.53. The summed E-state index contributed by atoms with van der Waals surface area (Å²) in [6, 6.07) is -1.13. The summed E-state index contributed by atoms with van der Waals surface area (Å²) >= 11 is 0. The van der Waals surface area contributed by atoms with E-state index in [0.29, 0.717) is 0 Å². The normalized spacial score (nSPS) is 25.1. The van der Waals surface area contributed by atoms with Gasteiger partial charge in [0.05, 0.1) is 19.3 Å². The van der Waals surface area contributed by atoms with Gasteiger partial charge in [0.25, 0.3) is 0 Å². The number of hydrogen-bond acceptors (Lipinski definition) is 12. The number of carbonyl (C=O) groups is 6. The maximum Gasteiger partial charge on any atom is 0.339 e. The molecule has 1 fully saturated rings. The molecule has 0 bridgehead atoms. The van der Waals surface area contributed by atoms with Crippen molar-refractivity contribution in [3.63, 3.8) is 0 Å². The lowest BCUT2D eigenvalue weighted by Crippen LogP contribution is -2.67. The molecule has 0 saturated carbocycles. The molecule has 0 unspecified atom stereocenters. The topological polar surface area (TPSA) is 170 Å². The standard InChI is InChI=1S/C20H29NO12/c1-9(22)21-16-15(7-14(30-11(3)24)8-29-10(2)23)33-19(20(27)28-6)18(32-13(5)26)17(16)31-12(4)25/h14-19H,7-8H2,1-6H3,(H,21,22)/t14-,15-,16-,17+,18-,19-/m0/s1. The van der Waals surface area contributed by atoms with Gasteiger partial charge in [-0.25, -0.2) is 4.79 Å². The summed E-state index contributed by atoms with van der Waals surface area (Å²) in [5.74, 6) is -4.38. The quantitative estimate of drug-likeness (QED) is 0.325. The fourth-order valence-electron chi connectivity index (χ4n) is 3.36. The van der Waals surface area contributed by atoms with Crippen molar-refractivity contribution < 1.29 is 57.2 Å². The molecule has 1 amide bonds. The largest absolute Gasteiger partial charge is 0.467 e. The third-order valence-electron chi connectivity index (χ3n) is 4.41. The highest BCUT2D eigenvalue weighted by atomic mass is 16.6. The SMILES string of the molecule is COC(=O)[C@H]1O[C@@H](C[C@@H](COC(C)=O)OC(C)=O)[C@H](NC(C)=O)[C@@H](OC(C)=O)[C@@H]1OC(C)=O. The number of ether oxygens (including phenoxy) is 6. The van der Waals surface area contributed by atoms with E-state index < -0.39 is 72.3 Å². The van der Waals surface area contributed by atoms with E-state index in [9.17, 15) is 28.8 Å². The van der Waals surface area contributed by atoms with E-state index in [1.807, 2.05) is 0 Å². The van der Waals surface area contributed by atoms with Gasteiger partial charge in [-0.05, 0) is 0 Å². The van der Waals surface area contributed by atoms with E-state index in [2.05, 4.69) is 5.32 Å². The summed E-state index contributed by atoms with van der Waals surface area (Å²) in [6.07, 6.45) is -6.68. The smallest absolute Gasteiger partial charge is 0.339 e. The highest BCUT2D eigenvalue weighted by molar-refractivity contribution is 5.78. The van der Waals surface area contributed by atoms with Crippen LogP contribution in [0.5, 0.6) is 0 Å². The summed E-state index contributed by atoms with van der Waals surface area (Å²) < 4.78 is 31.1. The fraction of sp³-hybridized carbons (Fsp3) is 0.700. The van der Waals surface area contributed by atoms with E-state index in [4.69, 9.17) is 28.4 Å². The average molecular weight is 475 g/mol. The maximum atomic E-state index is 12.4.